The molecule has 0 radical (unpaired) electrons. The van der Waals surface area contributed by atoms with Gasteiger partial charge in [-0.1, -0.05) is 96.8 Å². The highest BCUT2D eigenvalue weighted by molar-refractivity contribution is 7.85. The standard InChI is InChI=1S/C25H44O4S/c1-4-5-6-7-8-9-10-11-12-13-14-15-16-17-18-19-29-25-22(2)20-24(21-23(25)3)30(26,27)28/h20-21H,4-19H2,1-3H3,(H,26,27,28). The maximum absolute atomic E-state index is 11.3. The molecule has 0 saturated carbocycles. The molecule has 4 nitrogen and oxygen atoms in total. The normalized spacial score (nSPS) is 11.7. The van der Waals surface area contributed by atoms with E-state index in [9.17, 15) is 13.0 Å². The van der Waals surface area contributed by atoms with Gasteiger partial charge in [0.25, 0.3) is 10.1 Å². The molecule has 0 bridgehead atoms. The van der Waals surface area contributed by atoms with Crippen molar-refractivity contribution < 1.29 is 17.7 Å². The Morgan fingerprint density at radius 3 is 1.43 bits per heavy atom. The number of hydrogen-bond acceptors (Lipinski definition) is 3. The third-order valence-electron chi connectivity index (χ3n) is 5.73. The minimum atomic E-state index is -4.17. The Balaban J connectivity index is 2.00. The number of benzene rings is 1. The van der Waals surface area contributed by atoms with Gasteiger partial charge in [0.15, 0.2) is 0 Å². The summed E-state index contributed by atoms with van der Waals surface area (Å²) in [6.45, 7) is 6.53. The molecule has 1 aromatic carbocycles. The molecule has 0 heterocycles. The van der Waals surface area contributed by atoms with Gasteiger partial charge in [-0.05, 0) is 43.5 Å². The molecule has 0 fully saturated rings. The maximum Gasteiger partial charge on any atom is 0.294 e. The first-order valence-electron chi connectivity index (χ1n) is 12.1. The lowest BCUT2D eigenvalue weighted by atomic mass is 10.0. The van der Waals surface area contributed by atoms with Crippen molar-refractivity contribution in [3.05, 3.63) is 23.3 Å². The van der Waals surface area contributed by atoms with Gasteiger partial charge >= 0.3 is 0 Å². The van der Waals surface area contributed by atoms with Crippen molar-refractivity contribution in [2.24, 2.45) is 0 Å². The van der Waals surface area contributed by atoms with Gasteiger partial charge in [-0.3, -0.25) is 4.55 Å². The highest BCUT2D eigenvalue weighted by Gasteiger charge is 2.14. The van der Waals surface area contributed by atoms with Crippen LogP contribution >= 0.6 is 0 Å². The van der Waals surface area contributed by atoms with Crippen LogP contribution in [0.1, 0.15) is 114 Å². The van der Waals surface area contributed by atoms with E-state index >= 15 is 0 Å². The topological polar surface area (TPSA) is 63.6 Å². The van der Waals surface area contributed by atoms with Gasteiger partial charge in [-0.25, -0.2) is 0 Å². The van der Waals surface area contributed by atoms with Crippen LogP contribution in [0.2, 0.25) is 0 Å². The van der Waals surface area contributed by atoms with Crippen molar-refractivity contribution in [2.75, 3.05) is 6.61 Å². The minimum absolute atomic E-state index is 0.0724. The Hall–Kier alpha value is -1.07. The second-order valence-electron chi connectivity index (χ2n) is 8.66. The molecule has 0 saturated heterocycles. The van der Waals surface area contributed by atoms with Crippen LogP contribution in [0.3, 0.4) is 0 Å². The van der Waals surface area contributed by atoms with Gasteiger partial charge < -0.3 is 4.74 Å². The van der Waals surface area contributed by atoms with E-state index in [1.807, 2.05) is 13.8 Å². The number of aryl methyl sites for hydroxylation is 2. The van der Waals surface area contributed by atoms with Gasteiger partial charge in [-0.2, -0.15) is 8.42 Å². The van der Waals surface area contributed by atoms with Crippen molar-refractivity contribution in [1.82, 2.24) is 0 Å². The van der Waals surface area contributed by atoms with Gasteiger partial charge in [0.05, 0.1) is 11.5 Å². The average Bonchev–Trinajstić information content (AvgIpc) is 2.68. The second-order valence-corrected chi connectivity index (χ2v) is 10.1. The lowest BCUT2D eigenvalue weighted by molar-refractivity contribution is 0.300. The molecule has 1 N–H and O–H groups in total. The number of ether oxygens (including phenoxy) is 1. The summed E-state index contributed by atoms with van der Waals surface area (Å²) in [5, 5.41) is 0. The van der Waals surface area contributed by atoms with Crippen LogP contribution in [0.5, 0.6) is 5.75 Å². The van der Waals surface area contributed by atoms with Gasteiger partial charge in [0, 0.05) is 0 Å². The lowest BCUT2D eigenvalue weighted by Gasteiger charge is -2.13. The first kappa shape index (κ1) is 27.0. The number of rotatable bonds is 18. The van der Waals surface area contributed by atoms with Gasteiger partial charge in [0.1, 0.15) is 5.75 Å². The fourth-order valence-corrected chi connectivity index (χ4v) is 4.59. The maximum atomic E-state index is 11.3. The molecule has 30 heavy (non-hydrogen) atoms. The fraction of sp³-hybridized carbons (Fsp3) is 0.760. The smallest absolute Gasteiger partial charge is 0.294 e. The Kier molecular flexibility index (Phi) is 14.1. The van der Waals surface area contributed by atoms with E-state index in [-0.39, 0.29) is 4.90 Å². The largest absolute Gasteiger partial charge is 0.493 e. The molecule has 5 heteroatoms. The van der Waals surface area contributed by atoms with Crippen molar-refractivity contribution >= 4 is 10.1 Å². The van der Waals surface area contributed by atoms with Gasteiger partial charge in [0.2, 0.25) is 0 Å². The zero-order valence-corrected chi connectivity index (χ0v) is 20.4. The van der Waals surface area contributed by atoms with Crippen LogP contribution in [0.15, 0.2) is 17.0 Å². The van der Waals surface area contributed by atoms with Crippen LogP contribution in [0, 0.1) is 13.8 Å². The Morgan fingerprint density at radius 1 is 0.700 bits per heavy atom. The summed E-state index contributed by atoms with van der Waals surface area (Å²) in [4.78, 5) is -0.0724. The Morgan fingerprint density at radius 2 is 1.07 bits per heavy atom. The Bertz CT molecular complexity index is 659. The summed E-state index contributed by atoms with van der Waals surface area (Å²) >= 11 is 0. The third kappa shape index (κ3) is 11.9. The summed E-state index contributed by atoms with van der Waals surface area (Å²) in [6.07, 6.45) is 20.0. The quantitative estimate of drug-likeness (QED) is 0.187. The van der Waals surface area contributed by atoms with E-state index in [1.54, 1.807) is 0 Å². The summed E-state index contributed by atoms with van der Waals surface area (Å²) in [5.74, 6) is 0.729. The molecule has 0 amide bonds. The molecule has 0 unspecified atom stereocenters. The van der Waals surface area contributed by atoms with E-state index in [0.717, 1.165) is 23.3 Å². The first-order chi connectivity index (χ1) is 14.4. The minimum Gasteiger partial charge on any atom is -0.493 e. The molecule has 0 aliphatic rings. The van der Waals surface area contributed by atoms with E-state index in [0.29, 0.717) is 6.61 Å². The summed E-state index contributed by atoms with van der Waals surface area (Å²) in [5.41, 5.74) is 1.48. The predicted octanol–water partition coefficient (Wildman–Crippen LogP) is 7.80. The summed E-state index contributed by atoms with van der Waals surface area (Å²) in [7, 11) is -4.17. The molecule has 0 aromatic heterocycles. The summed E-state index contributed by atoms with van der Waals surface area (Å²) in [6, 6.07) is 2.92. The highest BCUT2D eigenvalue weighted by atomic mass is 32.2. The zero-order valence-electron chi connectivity index (χ0n) is 19.5. The lowest BCUT2D eigenvalue weighted by Crippen LogP contribution is -2.04. The van der Waals surface area contributed by atoms with E-state index in [1.165, 1.54) is 102 Å². The molecule has 0 aliphatic carbocycles. The fourth-order valence-electron chi connectivity index (χ4n) is 3.93. The van der Waals surface area contributed by atoms with E-state index in [2.05, 4.69) is 6.92 Å². The third-order valence-corrected chi connectivity index (χ3v) is 6.56. The molecule has 1 aromatic rings. The molecule has 0 spiro atoms. The highest BCUT2D eigenvalue weighted by Crippen LogP contribution is 2.27. The Labute approximate surface area is 185 Å². The molecule has 0 atom stereocenters. The van der Waals surface area contributed by atoms with Crippen LogP contribution in [-0.2, 0) is 10.1 Å². The van der Waals surface area contributed by atoms with Crippen molar-refractivity contribution in [2.45, 2.75) is 122 Å². The first-order valence-corrected chi connectivity index (χ1v) is 13.5. The zero-order chi connectivity index (χ0) is 22.2. The number of unbranched alkanes of at least 4 members (excludes halogenated alkanes) is 14. The molecular weight excluding hydrogens is 396 g/mol. The van der Waals surface area contributed by atoms with Crippen LogP contribution in [0.25, 0.3) is 0 Å². The predicted molar refractivity (Wildman–Crippen MR) is 126 cm³/mol. The second kappa shape index (κ2) is 15.7. The van der Waals surface area contributed by atoms with Crippen LogP contribution in [-0.4, -0.2) is 19.6 Å². The average molecular weight is 441 g/mol. The van der Waals surface area contributed by atoms with Crippen molar-refractivity contribution in [1.29, 1.82) is 0 Å². The van der Waals surface area contributed by atoms with Crippen LogP contribution in [0.4, 0.5) is 0 Å². The molecule has 1 rings (SSSR count). The van der Waals surface area contributed by atoms with Gasteiger partial charge in [-0.15, -0.1) is 0 Å². The van der Waals surface area contributed by atoms with Crippen molar-refractivity contribution in [3.63, 3.8) is 0 Å². The SMILES string of the molecule is CCCCCCCCCCCCCCCCCOc1c(C)cc(S(=O)(=O)O)cc1C. The van der Waals surface area contributed by atoms with E-state index < -0.39 is 10.1 Å². The van der Waals surface area contributed by atoms with Crippen LogP contribution < -0.4 is 4.74 Å². The van der Waals surface area contributed by atoms with Crippen molar-refractivity contribution in [3.8, 4) is 5.75 Å². The molecule has 0 aliphatic heterocycles. The van der Waals surface area contributed by atoms with E-state index in [4.69, 9.17) is 4.74 Å². The number of hydrogen-bond donors (Lipinski definition) is 1. The summed E-state index contributed by atoms with van der Waals surface area (Å²) < 4.78 is 37.6. The molecular formula is C25H44O4S. The molecule has 174 valence electrons. The monoisotopic (exact) mass is 440 g/mol.